The Hall–Kier alpha value is -3.39. The lowest BCUT2D eigenvalue weighted by Gasteiger charge is -2.32. The van der Waals surface area contributed by atoms with Gasteiger partial charge in [0.05, 0.1) is 4.90 Å². The predicted molar refractivity (Wildman–Crippen MR) is 121 cm³/mol. The molecule has 1 aromatic heterocycles. The first kappa shape index (κ1) is 21.8. The van der Waals surface area contributed by atoms with Gasteiger partial charge in [-0.2, -0.15) is 0 Å². The van der Waals surface area contributed by atoms with Crippen molar-refractivity contribution in [1.82, 2.24) is 9.47 Å². The molecular weight excluding hydrogens is 428 g/mol. The predicted octanol–water partition coefficient (Wildman–Crippen LogP) is 2.92. The molecule has 166 valence electrons. The van der Waals surface area contributed by atoms with E-state index < -0.39 is 9.84 Å². The summed E-state index contributed by atoms with van der Waals surface area (Å²) in [5, 5.41) is 0. The third kappa shape index (κ3) is 4.91. The van der Waals surface area contributed by atoms with Crippen LogP contribution in [0.5, 0.6) is 5.75 Å². The van der Waals surface area contributed by atoms with Crippen molar-refractivity contribution in [3.8, 4) is 11.4 Å². The molecule has 3 aromatic rings. The molecule has 1 amide bonds. The van der Waals surface area contributed by atoms with Crippen molar-refractivity contribution in [3.63, 3.8) is 0 Å². The van der Waals surface area contributed by atoms with E-state index in [9.17, 15) is 18.0 Å². The second kappa shape index (κ2) is 9.00. The number of hydrogen-bond donors (Lipinski definition) is 0. The number of amides is 1. The smallest absolute Gasteiger partial charge is 0.258 e. The van der Waals surface area contributed by atoms with Crippen LogP contribution in [-0.4, -0.2) is 49.2 Å². The molecule has 7 nitrogen and oxygen atoms in total. The molecule has 0 spiro atoms. The van der Waals surface area contributed by atoms with Gasteiger partial charge in [-0.25, -0.2) is 8.42 Å². The summed E-state index contributed by atoms with van der Waals surface area (Å²) in [7, 11) is -3.29. The summed E-state index contributed by atoms with van der Waals surface area (Å²) in [5.41, 5.74) is 0.980. The number of carbonyl (C=O) groups excluding carboxylic acids is 1. The van der Waals surface area contributed by atoms with Crippen molar-refractivity contribution >= 4 is 15.7 Å². The van der Waals surface area contributed by atoms with Gasteiger partial charge in [0.2, 0.25) is 0 Å². The van der Waals surface area contributed by atoms with Crippen LogP contribution in [0.25, 0.3) is 5.69 Å². The summed E-state index contributed by atoms with van der Waals surface area (Å²) in [4.78, 5) is 27.2. The van der Waals surface area contributed by atoms with Crippen molar-refractivity contribution in [1.29, 1.82) is 0 Å². The van der Waals surface area contributed by atoms with Gasteiger partial charge in [0, 0.05) is 55.7 Å². The van der Waals surface area contributed by atoms with Crippen LogP contribution in [0.3, 0.4) is 0 Å². The first-order valence-electron chi connectivity index (χ1n) is 10.4. The number of carbonyl (C=O) groups is 1. The Kier molecular flexibility index (Phi) is 6.14. The maximum Gasteiger partial charge on any atom is 0.258 e. The van der Waals surface area contributed by atoms with E-state index in [2.05, 4.69) is 0 Å². The van der Waals surface area contributed by atoms with Crippen molar-refractivity contribution in [2.45, 2.75) is 23.8 Å². The van der Waals surface area contributed by atoms with Gasteiger partial charge >= 0.3 is 0 Å². The van der Waals surface area contributed by atoms with E-state index in [1.807, 2.05) is 35.2 Å². The lowest BCUT2D eigenvalue weighted by atomic mass is 10.1. The van der Waals surface area contributed by atoms with Gasteiger partial charge in [-0.05, 0) is 42.5 Å². The number of ether oxygens (including phenoxy) is 1. The number of pyridine rings is 1. The summed E-state index contributed by atoms with van der Waals surface area (Å²) in [6.45, 7) is 1.20. The molecular formula is C24H24N2O5S. The van der Waals surface area contributed by atoms with E-state index in [0.717, 1.165) is 6.26 Å². The van der Waals surface area contributed by atoms with Crippen molar-refractivity contribution in [3.05, 3.63) is 88.8 Å². The summed E-state index contributed by atoms with van der Waals surface area (Å²) in [5.74, 6) is 0.500. The summed E-state index contributed by atoms with van der Waals surface area (Å²) >= 11 is 0. The largest absolute Gasteiger partial charge is 0.490 e. The highest BCUT2D eigenvalue weighted by Crippen LogP contribution is 2.20. The lowest BCUT2D eigenvalue weighted by Crippen LogP contribution is -2.41. The number of sulfone groups is 1. The average molecular weight is 453 g/mol. The Bertz CT molecular complexity index is 1260. The van der Waals surface area contributed by atoms with E-state index in [0.29, 0.717) is 42.9 Å². The third-order valence-electron chi connectivity index (χ3n) is 5.49. The number of aromatic nitrogens is 1. The number of hydrogen-bond acceptors (Lipinski definition) is 5. The zero-order valence-corrected chi connectivity index (χ0v) is 18.5. The van der Waals surface area contributed by atoms with Crippen molar-refractivity contribution < 1.29 is 17.9 Å². The fourth-order valence-corrected chi connectivity index (χ4v) is 4.36. The molecule has 2 aromatic carbocycles. The van der Waals surface area contributed by atoms with Crippen LogP contribution in [0.1, 0.15) is 23.2 Å². The van der Waals surface area contributed by atoms with Gasteiger partial charge in [-0.3, -0.25) is 14.2 Å². The normalized spacial score (nSPS) is 14.8. The fourth-order valence-electron chi connectivity index (χ4n) is 3.73. The Morgan fingerprint density at radius 1 is 0.969 bits per heavy atom. The Labute approximate surface area is 186 Å². The quantitative estimate of drug-likeness (QED) is 0.594. The molecule has 4 rings (SSSR count). The van der Waals surface area contributed by atoms with Gasteiger partial charge < -0.3 is 9.64 Å². The van der Waals surface area contributed by atoms with Crippen molar-refractivity contribution in [2.75, 3.05) is 19.3 Å². The molecule has 0 radical (unpaired) electrons. The molecule has 2 heterocycles. The molecule has 1 aliphatic rings. The Balaban J connectivity index is 1.38. The molecule has 0 saturated carbocycles. The van der Waals surface area contributed by atoms with Gasteiger partial charge in [0.15, 0.2) is 9.84 Å². The van der Waals surface area contributed by atoms with E-state index in [4.69, 9.17) is 4.74 Å². The van der Waals surface area contributed by atoms with Gasteiger partial charge in [0.25, 0.3) is 11.5 Å². The van der Waals surface area contributed by atoms with Gasteiger partial charge in [-0.15, -0.1) is 0 Å². The monoisotopic (exact) mass is 452 g/mol. The maximum atomic E-state index is 12.6. The molecule has 32 heavy (non-hydrogen) atoms. The highest BCUT2D eigenvalue weighted by atomic mass is 32.2. The van der Waals surface area contributed by atoms with Gasteiger partial charge in [-0.1, -0.05) is 18.2 Å². The van der Waals surface area contributed by atoms with E-state index >= 15 is 0 Å². The zero-order chi connectivity index (χ0) is 22.7. The molecule has 0 N–H and O–H groups in total. The van der Waals surface area contributed by atoms with Crippen LogP contribution in [0.2, 0.25) is 0 Å². The summed E-state index contributed by atoms with van der Waals surface area (Å²) in [6, 6.07) is 18.5. The number of piperidine rings is 1. The molecule has 8 heteroatoms. The van der Waals surface area contributed by atoms with Crippen LogP contribution in [-0.2, 0) is 9.84 Å². The summed E-state index contributed by atoms with van der Waals surface area (Å²) < 4.78 is 30.6. The average Bonchev–Trinajstić information content (AvgIpc) is 2.79. The van der Waals surface area contributed by atoms with Gasteiger partial charge in [0.1, 0.15) is 11.9 Å². The molecule has 0 unspecified atom stereocenters. The first-order chi connectivity index (χ1) is 15.3. The molecule has 0 aliphatic carbocycles. The molecule has 1 aliphatic heterocycles. The summed E-state index contributed by atoms with van der Waals surface area (Å²) in [6.07, 6.45) is 4.06. The van der Waals surface area contributed by atoms with Crippen LogP contribution < -0.4 is 10.3 Å². The highest BCUT2D eigenvalue weighted by Gasteiger charge is 2.24. The Morgan fingerprint density at radius 3 is 2.22 bits per heavy atom. The number of likely N-dealkylation sites (tertiary alicyclic amines) is 1. The van der Waals surface area contributed by atoms with Crippen LogP contribution in [0.4, 0.5) is 0 Å². The van der Waals surface area contributed by atoms with Crippen LogP contribution in [0, 0.1) is 0 Å². The lowest BCUT2D eigenvalue weighted by molar-refractivity contribution is 0.0595. The Morgan fingerprint density at radius 2 is 1.62 bits per heavy atom. The van der Waals surface area contributed by atoms with Crippen molar-refractivity contribution in [2.24, 2.45) is 0 Å². The minimum Gasteiger partial charge on any atom is -0.490 e. The van der Waals surface area contributed by atoms with Crippen LogP contribution in [0.15, 0.2) is 82.6 Å². The number of benzene rings is 2. The molecule has 1 fully saturated rings. The third-order valence-corrected chi connectivity index (χ3v) is 6.62. The molecule has 1 saturated heterocycles. The number of rotatable bonds is 5. The maximum absolute atomic E-state index is 12.6. The first-order valence-corrected chi connectivity index (χ1v) is 12.2. The SMILES string of the molecule is CS(=O)(=O)c1ccc(-n2ccc(OC3CCN(C(=O)c4ccccc4)CC3)cc2=O)cc1. The number of nitrogens with zero attached hydrogens (tertiary/aromatic N) is 2. The minimum atomic E-state index is -3.29. The highest BCUT2D eigenvalue weighted by molar-refractivity contribution is 7.90. The molecule has 0 atom stereocenters. The second-order valence-electron chi connectivity index (χ2n) is 7.81. The minimum absolute atomic E-state index is 0.0218. The second-order valence-corrected chi connectivity index (χ2v) is 9.83. The topological polar surface area (TPSA) is 85.7 Å². The standard InChI is InChI=1S/C24H24N2O5S/c1-32(29,30)22-9-7-19(8-10-22)26-16-13-21(17-23(26)27)31-20-11-14-25(15-12-20)24(28)18-5-3-2-4-6-18/h2-10,13,16-17,20H,11-12,14-15H2,1H3. The molecule has 0 bridgehead atoms. The van der Waals surface area contributed by atoms with E-state index in [-0.39, 0.29) is 22.5 Å². The van der Waals surface area contributed by atoms with E-state index in [1.165, 1.54) is 22.8 Å². The van der Waals surface area contributed by atoms with E-state index in [1.54, 1.807) is 24.4 Å². The zero-order valence-electron chi connectivity index (χ0n) is 17.7. The van der Waals surface area contributed by atoms with Crippen LogP contribution >= 0.6 is 0 Å². The fraction of sp³-hybridized carbons (Fsp3) is 0.250.